The molecule has 0 fully saturated rings. The number of benzene rings is 20. The summed E-state index contributed by atoms with van der Waals surface area (Å²) in [5.41, 5.74) is 29.4. The summed E-state index contributed by atoms with van der Waals surface area (Å²) >= 11 is 1.84. The summed E-state index contributed by atoms with van der Waals surface area (Å²) in [6.07, 6.45) is 0. The zero-order valence-corrected chi connectivity index (χ0v) is 71.3. The van der Waals surface area contributed by atoms with Gasteiger partial charge in [0, 0.05) is 121 Å². The summed E-state index contributed by atoms with van der Waals surface area (Å²) in [5, 5.41) is 7.23. The second-order valence-electron chi connectivity index (χ2n) is 32.5. The Kier molecular flexibility index (Phi) is 20.0. The quantitative estimate of drug-likeness (QED) is 0.0672. The molecule has 0 saturated carbocycles. The number of fused-ring (bicyclic) bond motifs is 9. The van der Waals surface area contributed by atoms with Gasteiger partial charge in [-0.1, -0.05) is 273 Å². The van der Waals surface area contributed by atoms with E-state index in [1.165, 1.54) is 36.3 Å². The summed E-state index contributed by atoms with van der Waals surface area (Å²) in [4.78, 5) is 14.5. The third kappa shape index (κ3) is 14.6. The van der Waals surface area contributed by atoms with Crippen molar-refractivity contribution in [2.24, 2.45) is 0 Å². The lowest BCUT2D eigenvalue weighted by molar-refractivity contribution is 1.18. The van der Waals surface area contributed by atoms with Crippen LogP contribution in [-0.4, -0.2) is 9.13 Å². The van der Waals surface area contributed by atoms with Crippen LogP contribution in [0, 0.1) is 0 Å². The molecule has 0 amide bonds. The van der Waals surface area contributed by atoms with Crippen LogP contribution < -0.4 is 29.4 Å². The Bertz CT molecular complexity index is 7790. The highest BCUT2D eigenvalue weighted by atomic mass is 32.1. The summed E-state index contributed by atoms with van der Waals surface area (Å²) < 4.78 is 7.29. The Morgan fingerprint density at radius 2 is 0.395 bits per heavy atom. The van der Waals surface area contributed by atoms with Gasteiger partial charge in [0.05, 0.1) is 56.2 Å². The van der Waals surface area contributed by atoms with Gasteiger partial charge in [-0.05, 0) is 259 Å². The molecule has 0 saturated heterocycles. The lowest BCUT2D eigenvalue weighted by atomic mass is 9.98. The molecule has 0 aliphatic heterocycles. The maximum atomic E-state index is 2.44. The Hall–Kier alpha value is -17.0. The second kappa shape index (κ2) is 33.6. The number of hydrogen-bond acceptors (Lipinski definition) is 7. The number of rotatable bonds is 22. The fourth-order valence-electron chi connectivity index (χ4n) is 18.9. The molecule has 0 bridgehead atoms. The molecule has 0 radical (unpaired) electrons. The van der Waals surface area contributed by atoms with Crippen molar-refractivity contribution in [1.29, 1.82) is 0 Å². The smallest absolute Gasteiger partial charge is 0.0561 e. The lowest BCUT2D eigenvalue weighted by Crippen LogP contribution is -2.16. The monoisotopic (exact) mass is 1670 g/mol. The minimum atomic E-state index is 0.974. The van der Waals surface area contributed by atoms with Gasteiger partial charge < -0.3 is 38.5 Å². The highest BCUT2D eigenvalue weighted by Crippen LogP contribution is 2.52. The first-order valence-corrected chi connectivity index (χ1v) is 44.7. The van der Waals surface area contributed by atoms with Gasteiger partial charge >= 0.3 is 0 Å². The van der Waals surface area contributed by atoms with Crippen molar-refractivity contribution in [3.05, 3.63) is 510 Å². The van der Waals surface area contributed by atoms with Crippen molar-refractivity contribution in [1.82, 2.24) is 9.13 Å². The van der Waals surface area contributed by atoms with Crippen LogP contribution in [0.1, 0.15) is 0 Å². The predicted octanol–water partition coefficient (Wildman–Crippen LogP) is 34.4. The summed E-state index contributed by atoms with van der Waals surface area (Å²) in [7, 11) is 0. The Morgan fingerprint density at radius 3 is 0.791 bits per heavy atom. The molecule has 0 N–H and O–H groups in total. The molecule has 0 atom stereocenters. The molecule has 8 nitrogen and oxygen atoms in total. The van der Waals surface area contributed by atoms with Gasteiger partial charge in [0.15, 0.2) is 0 Å². The van der Waals surface area contributed by atoms with Crippen molar-refractivity contribution in [2.45, 2.75) is 0 Å². The van der Waals surface area contributed by atoms with Gasteiger partial charge in [-0.3, -0.25) is 0 Å². The molecular formula is C120H84N8S. The zero-order valence-electron chi connectivity index (χ0n) is 70.5. The van der Waals surface area contributed by atoms with E-state index in [2.05, 4.69) is 548 Å². The van der Waals surface area contributed by atoms with Gasteiger partial charge in [0.1, 0.15) is 0 Å². The van der Waals surface area contributed by atoms with Crippen molar-refractivity contribution >= 4 is 177 Å². The molecule has 129 heavy (non-hydrogen) atoms. The first-order valence-electron chi connectivity index (χ1n) is 43.8. The molecule has 3 heterocycles. The number of hydrogen-bond donors (Lipinski definition) is 0. The number of para-hydroxylation sites is 11. The van der Waals surface area contributed by atoms with E-state index in [-0.39, 0.29) is 0 Å². The van der Waals surface area contributed by atoms with Crippen molar-refractivity contribution in [3.8, 4) is 33.6 Å². The largest absolute Gasteiger partial charge is 0.310 e. The van der Waals surface area contributed by atoms with Crippen LogP contribution in [0.4, 0.5) is 102 Å². The summed E-state index contributed by atoms with van der Waals surface area (Å²) in [6, 6.07) is 186. The van der Waals surface area contributed by atoms with Crippen LogP contribution in [0.3, 0.4) is 0 Å². The van der Waals surface area contributed by atoms with E-state index >= 15 is 0 Å². The van der Waals surface area contributed by atoms with E-state index in [9.17, 15) is 0 Å². The number of anilines is 18. The zero-order chi connectivity index (χ0) is 85.5. The summed E-state index contributed by atoms with van der Waals surface area (Å²) in [6.45, 7) is 0. The number of aromatic nitrogens is 2. The first-order chi connectivity index (χ1) is 64.0. The molecule has 20 aromatic carbocycles. The topological polar surface area (TPSA) is 29.3 Å². The van der Waals surface area contributed by atoms with Crippen molar-refractivity contribution in [2.75, 3.05) is 29.4 Å². The molecule has 610 valence electrons. The van der Waals surface area contributed by atoms with Gasteiger partial charge in [0.25, 0.3) is 0 Å². The van der Waals surface area contributed by atoms with Crippen molar-refractivity contribution < 1.29 is 0 Å². The molecule has 9 heteroatoms. The van der Waals surface area contributed by atoms with E-state index in [1.807, 2.05) is 11.3 Å². The first kappa shape index (κ1) is 76.9. The van der Waals surface area contributed by atoms with Crippen molar-refractivity contribution in [3.63, 3.8) is 0 Å². The Labute approximate surface area is 753 Å². The van der Waals surface area contributed by atoms with Gasteiger partial charge in [-0.25, -0.2) is 0 Å². The molecule has 23 rings (SSSR count). The van der Waals surface area contributed by atoms with E-state index in [0.717, 1.165) is 163 Å². The third-order valence-electron chi connectivity index (χ3n) is 24.7. The molecule has 0 unspecified atom stereocenters. The molecule has 0 aliphatic rings. The number of nitrogens with zero attached hydrogens (tertiary/aromatic N) is 8. The SMILES string of the molecule is c1ccc(N(c2ccccc2)c2cc(N(c3ccccc3)c3ccccc3)cc(N(c3ccc(-c4cccc(-c5ccc(N(c6ccccc6)c6cc(N(c7ccccc7)c7ccc8c(c7)sc7ccccc78)cc(N(c7ccccc7)c7ccc8c9ccccc9n(-c9ccccc9)c8c7)c6)cc5)c4)cc3)c3ccc4c(c3)c3ccccc3n4-c3ccccc3)c2)cc1. The Morgan fingerprint density at radius 1 is 0.132 bits per heavy atom. The van der Waals surface area contributed by atoms with Gasteiger partial charge in [-0.2, -0.15) is 0 Å². The molecular weight excluding hydrogens is 1590 g/mol. The predicted molar refractivity (Wildman–Crippen MR) is 547 cm³/mol. The maximum absolute atomic E-state index is 2.44. The van der Waals surface area contributed by atoms with Crippen LogP contribution in [0.25, 0.3) is 97.4 Å². The normalized spacial score (nSPS) is 11.4. The highest BCUT2D eigenvalue weighted by Gasteiger charge is 2.28. The highest BCUT2D eigenvalue weighted by molar-refractivity contribution is 7.25. The van der Waals surface area contributed by atoms with Gasteiger partial charge in [0.2, 0.25) is 0 Å². The van der Waals surface area contributed by atoms with E-state index < -0.39 is 0 Å². The maximum Gasteiger partial charge on any atom is 0.0561 e. The van der Waals surface area contributed by atoms with Crippen LogP contribution in [0.2, 0.25) is 0 Å². The van der Waals surface area contributed by atoms with Crippen LogP contribution in [-0.2, 0) is 0 Å². The number of thiophene rings is 1. The Balaban J connectivity index is 0.660. The summed E-state index contributed by atoms with van der Waals surface area (Å²) in [5.74, 6) is 0. The fourth-order valence-corrected chi connectivity index (χ4v) is 20.0. The second-order valence-corrected chi connectivity index (χ2v) is 33.6. The van der Waals surface area contributed by atoms with E-state index in [1.54, 1.807) is 0 Å². The van der Waals surface area contributed by atoms with Gasteiger partial charge in [-0.15, -0.1) is 11.3 Å². The molecule has 0 aliphatic carbocycles. The van der Waals surface area contributed by atoms with E-state index in [4.69, 9.17) is 0 Å². The fraction of sp³-hybridized carbons (Fsp3) is 0. The van der Waals surface area contributed by atoms with Crippen LogP contribution in [0.5, 0.6) is 0 Å². The standard InChI is InChI=1S/C120H84N8S/c1-10-37-89(38-11-1)121(90-39-12-2-13-40-90)103-76-104(122(91-41-14-3-15-42-91)92-43-16-4-17-44-92)78-108(77-103)126(100-71-74-117-114(82-100)110-56-29-32-59-116(110)127(117)96-51-24-8-25-52-96)99-67-63-86(64-68-99)88-36-34-35-87(75-88)85-61-65-98(66-62-85)123(93-45-18-5-19-46-93)105-79-106(81-107(80-105)125(95-49-22-7-23-50-95)102-70-73-113-112-57-30-33-60-119(112)129-120(113)84-102)124(94-47-20-6-21-48-94)101-69-72-111-109-55-28-31-58-115(109)128(118(111)83-101)97-53-26-9-27-54-97/h1-84H. The lowest BCUT2D eigenvalue weighted by Gasteiger charge is -2.33. The van der Waals surface area contributed by atoms with E-state index in [0.29, 0.717) is 0 Å². The van der Waals surface area contributed by atoms with Crippen LogP contribution >= 0.6 is 11.3 Å². The van der Waals surface area contributed by atoms with Crippen LogP contribution in [0.15, 0.2) is 510 Å². The molecule has 0 spiro atoms. The third-order valence-corrected chi connectivity index (χ3v) is 25.8. The molecule has 3 aromatic heterocycles. The minimum absolute atomic E-state index is 0.974. The average molecular weight is 1670 g/mol. The average Bonchev–Trinajstić information content (AvgIpc) is 1.59. The molecule has 23 aromatic rings. The minimum Gasteiger partial charge on any atom is -0.310 e.